The molecule has 0 radical (unpaired) electrons. The molecule has 1 heterocycles. The lowest BCUT2D eigenvalue weighted by molar-refractivity contribution is 0.0577. The molecular formula is C16H20N2O3. The third-order valence-corrected chi connectivity index (χ3v) is 3.04. The highest BCUT2D eigenvalue weighted by Gasteiger charge is 2.23. The van der Waals surface area contributed by atoms with Crippen molar-refractivity contribution >= 4 is 11.7 Å². The van der Waals surface area contributed by atoms with Gasteiger partial charge in [0.15, 0.2) is 0 Å². The number of nitrogens with one attached hydrogen (secondary N) is 2. The second kappa shape index (κ2) is 6.45. The zero-order chi connectivity index (χ0) is 15.3. The van der Waals surface area contributed by atoms with Gasteiger partial charge in [-0.3, -0.25) is 0 Å². The van der Waals surface area contributed by atoms with Gasteiger partial charge < -0.3 is 20.2 Å². The van der Waals surface area contributed by atoms with E-state index in [4.69, 9.17) is 4.42 Å². The highest BCUT2D eigenvalue weighted by Crippen LogP contribution is 2.13. The van der Waals surface area contributed by atoms with Crippen LogP contribution in [0.3, 0.4) is 0 Å². The Morgan fingerprint density at radius 3 is 2.81 bits per heavy atom. The number of furan rings is 1. The molecule has 2 rings (SSSR count). The number of hydrogen-bond donors (Lipinski definition) is 3. The largest absolute Gasteiger partial charge is 0.469 e. The maximum absolute atomic E-state index is 11.8. The van der Waals surface area contributed by atoms with Crippen LogP contribution in [0.5, 0.6) is 0 Å². The molecule has 0 aliphatic rings. The number of carbonyl (C=O) groups excluding carboxylic acids is 1. The number of aryl methyl sites for hydroxylation is 1. The van der Waals surface area contributed by atoms with Crippen LogP contribution in [-0.2, 0) is 6.42 Å². The summed E-state index contributed by atoms with van der Waals surface area (Å²) >= 11 is 0. The summed E-state index contributed by atoms with van der Waals surface area (Å²) in [5, 5.41) is 15.6. The lowest BCUT2D eigenvalue weighted by Gasteiger charge is -2.22. The van der Waals surface area contributed by atoms with Gasteiger partial charge in [0.25, 0.3) is 0 Å². The third-order valence-electron chi connectivity index (χ3n) is 3.04. The molecule has 0 saturated heterocycles. The average molecular weight is 288 g/mol. The molecule has 1 atom stereocenters. The first-order chi connectivity index (χ1) is 9.94. The smallest absolute Gasteiger partial charge is 0.319 e. The van der Waals surface area contributed by atoms with Gasteiger partial charge in [0.1, 0.15) is 5.76 Å². The molecule has 0 bridgehead atoms. The monoisotopic (exact) mass is 288 g/mol. The SMILES string of the molecule is Cc1cccc(NC(=O)NC[C@@](C)(O)Cc2ccco2)c1. The van der Waals surface area contributed by atoms with E-state index in [0.717, 1.165) is 11.3 Å². The van der Waals surface area contributed by atoms with Gasteiger partial charge in [-0.25, -0.2) is 4.79 Å². The van der Waals surface area contributed by atoms with Crippen LogP contribution in [0.2, 0.25) is 0 Å². The van der Waals surface area contributed by atoms with Crippen LogP contribution in [-0.4, -0.2) is 23.3 Å². The summed E-state index contributed by atoms with van der Waals surface area (Å²) in [4.78, 5) is 11.8. The van der Waals surface area contributed by atoms with Crippen LogP contribution in [0.15, 0.2) is 47.1 Å². The maximum atomic E-state index is 11.8. The highest BCUT2D eigenvalue weighted by atomic mass is 16.3. The number of benzene rings is 1. The fourth-order valence-electron chi connectivity index (χ4n) is 2.02. The minimum Gasteiger partial charge on any atom is -0.469 e. The van der Waals surface area contributed by atoms with E-state index in [0.29, 0.717) is 12.2 Å². The molecule has 0 fully saturated rings. The van der Waals surface area contributed by atoms with Crippen molar-refractivity contribution in [2.24, 2.45) is 0 Å². The zero-order valence-electron chi connectivity index (χ0n) is 12.2. The van der Waals surface area contributed by atoms with Gasteiger partial charge in [0, 0.05) is 18.7 Å². The molecule has 1 aromatic carbocycles. The normalized spacial score (nSPS) is 13.5. The lowest BCUT2D eigenvalue weighted by Crippen LogP contribution is -2.43. The average Bonchev–Trinajstić information content (AvgIpc) is 2.89. The lowest BCUT2D eigenvalue weighted by atomic mass is 10.0. The van der Waals surface area contributed by atoms with Crippen LogP contribution in [0.25, 0.3) is 0 Å². The van der Waals surface area contributed by atoms with Crippen molar-refractivity contribution in [2.45, 2.75) is 25.9 Å². The fraction of sp³-hybridized carbons (Fsp3) is 0.312. The van der Waals surface area contributed by atoms with Gasteiger partial charge >= 0.3 is 6.03 Å². The van der Waals surface area contributed by atoms with Gasteiger partial charge in [-0.1, -0.05) is 12.1 Å². The molecule has 2 amide bonds. The third kappa shape index (κ3) is 4.96. The molecule has 0 aliphatic carbocycles. The van der Waals surface area contributed by atoms with Crippen LogP contribution in [0.1, 0.15) is 18.2 Å². The van der Waals surface area contributed by atoms with Gasteiger partial charge in [0.2, 0.25) is 0 Å². The maximum Gasteiger partial charge on any atom is 0.319 e. The van der Waals surface area contributed by atoms with Crippen molar-refractivity contribution in [3.05, 3.63) is 54.0 Å². The predicted molar refractivity (Wildman–Crippen MR) is 81.2 cm³/mol. The van der Waals surface area contributed by atoms with E-state index in [2.05, 4.69) is 10.6 Å². The number of hydrogen-bond acceptors (Lipinski definition) is 3. The Balaban J connectivity index is 1.83. The van der Waals surface area contributed by atoms with Gasteiger partial charge in [-0.05, 0) is 43.7 Å². The van der Waals surface area contributed by atoms with E-state index in [1.165, 1.54) is 0 Å². The molecule has 0 aliphatic heterocycles. The summed E-state index contributed by atoms with van der Waals surface area (Å²) in [7, 11) is 0. The minimum absolute atomic E-state index is 0.130. The molecule has 0 saturated carbocycles. The Morgan fingerprint density at radius 1 is 1.33 bits per heavy atom. The van der Waals surface area contributed by atoms with Crippen molar-refractivity contribution < 1.29 is 14.3 Å². The summed E-state index contributed by atoms with van der Waals surface area (Å²) in [6, 6.07) is 10.7. The van der Waals surface area contributed by atoms with Crippen LogP contribution >= 0.6 is 0 Å². The van der Waals surface area contributed by atoms with Gasteiger partial charge in [-0.2, -0.15) is 0 Å². The van der Waals surface area contributed by atoms with Crippen molar-refractivity contribution in [3.63, 3.8) is 0 Å². The molecule has 112 valence electrons. The molecule has 0 unspecified atom stereocenters. The Kier molecular flexibility index (Phi) is 4.65. The summed E-state index contributed by atoms with van der Waals surface area (Å²) < 4.78 is 5.20. The van der Waals surface area contributed by atoms with Crippen molar-refractivity contribution in [2.75, 3.05) is 11.9 Å². The Bertz CT molecular complexity index is 591. The molecular weight excluding hydrogens is 268 g/mol. The molecule has 5 heteroatoms. The fourth-order valence-corrected chi connectivity index (χ4v) is 2.02. The number of aliphatic hydroxyl groups is 1. The summed E-state index contributed by atoms with van der Waals surface area (Å²) in [6.07, 6.45) is 1.90. The van der Waals surface area contributed by atoms with Crippen LogP contribution < -0.4 is 10.6 Å². The number of rotatable bonds is 5. The first kappa shape index (κ1) is 15.1. The molecule has 5 nitrogen and oxygen atoms in total. The highest BCUT2D eigenvalue weighted by molar-refractivity contribution is 5.89. The standard InChI is InChI=1S/C16H20N2O3/c1-12-5-3-6-13(9-12)18-15(19)17-11-16(2,20)10-14-7-4-8-21-14/h3-9,20H,10-11H2,1-2H3,(H2,17,18,19)/t16-/m0/s1. The van der Waals surface area contributed by atoms with E-state index < -0.39 is 5.60 Å². The number of anilines is 1. The topological polar surface area (TPSA) is 74.5 Å². The van der Waals surface area contributed by atoms with Gasteiger partial charge in [0.05, 0.1) is 11.9 Å². The molecule has 2 aromatic rings. The number of urea groups is 1. The molecule has 21 heavy (non-hydrogen) atoms. The second-order valence-electron chi connectivity index (χ2n) is 5.43. The van der Waals surface area contributed by atoms with Crippen LogP contribution in [0.4, 0.5) is 10.5 Å². The Hall–Kier alpha value is -2.27. The van der Waals surface area contributed by atoms with E-state index >= 15 is 0 Å². The second-order valence-corrected chi connectivity index (χ2v) is 5.43. The first-order valence-electron chi connectivity index (χ1n) is 6.81. The molecule has 0 spiro atoms. The number of amides is 2. The van der Waals surface area contributed by atoms with Crippen molar-refractivity contribution in [1.82, 2.24) is 5.32 Å². The van der Waals surface area contributed by atoms with E-state index in [-0.39, 0.29) is 12.6 Å². The van der Waals surface area contributed by atoms with E-state index in [9.17, 15) is 9.90 Å². The van der Waals surface area contributed by atoms with Crippen molar-refractivity contribution in [1.29, 1.82) is 0 Å². The van der Waals surface area contributed by atoms with Crippen LogP contribution in [0, 0.1) is 6.92 Å². The summed E-state index contributed by atoms with van der Waals surface area (Å²) in [5.74, 6) is 0.681. The quantitative estimate of drug-likeness (QED) is 0.792. The first-order valence-corrected chi connectivity index (χ1v) is 6.81. The number of carbonyl (C=O) groups is 1. The van der Waals surface area contributed by atoms with Gasteiger partial charge in [-0.15, -0.1) is 0 Å². The summed E-state index contributed by atoms with van der Waals surface area (Å²) in [6.45, 7) is 3.74. The summed E-state index contributed by atoms with van der Waals surface area (Å²) in [5.41, 5.74) is 0.720. The predicted octanol–water partition coefficient (Wildman–Crippen LogP) is 2.70. The Labute approximate surface area is 124 Å². The van der Waals surface area contributed by atoms with Crippen molar-refractivity contribution in [3.8, 4) is 0 Å². The Morgan fingerprint density at radius 2 is 2.14 bits per heavy atom. The molecule has 1 aromatic heterocycles. The molecule has 3 N–H and O–H groups in total. The zero-order valence-corrected chi connectivity index (χ0v) is 12.2. The van der Waals surface area contributed by atoms with E-state index in [1.807, 2.05) is 31.2 Å². The van der Waals surface area contributed by atoms with E-state index in [1.54, 1.807) is 25.3 Å². The minimum atomic E-state index is -1.07.